The molecule has 17 heavy (non-hydrogen) atoms. The van der Waals surface area contributed by atoms with E-state index in [1.807, 2.05) is 18.2 Å². The SMILES string of the molecule is C=CCC(C)C(C)NCC(O)c1ccncc1. The second-order valence-electron chi connectivity index (χ2n) is 4.49. The van der Waals surface area contributed by atoms with Crippen molar-refractivity contribution in [3.05, 3.63) is 42.7 Å². The zero-order chi connectivity index (χ0) is 12.7. The van der Waals surface area contributed by atoms with E-state index in [1.54, 1.807) is 12.4 Å². The maximum absolute atomic E-state index is 9.97. The van der Waals surface area contributed by atoms with Crippen LogP contribution in [0.25, 0.3) is 0 Å². The van der Waals surface area contributed by atoms with E-state index in [0.717, 1.165) is 12.0 Å². The Morgan fingerprint density at radius 1 is 1.41 bits per heavy atom. The number of pyridine rings is 1. The third-order valence-electron chi connectivity index (χ3n) is 3.12. The monoisotopic (exact) mass is 234 g/mol. The Morgan fingerprint density at radius 2 is 2.06 bits per heavy atom. The van der Waals surface area contributed by atoms with Gasteiger partial charge in [-0.05, 0) is 37.0 Å². The Kier molecular flexibility index (Phi) is 5.87. The van der Waals surface area contributed by atoms with Crippen LogP contribution in [0.2, 0.25) is 0 Å². The zero-order valence-corrected chi connectivity index (χ0v) is 10.6. The number of hydrogen-bond donors (Lipinski definition) is 2. The van der Waals surface area contributed by atoms with Crippen molar-refractivity contribution in [3.63, 3.8) is 0 Å². The van der Waals surface area contributed by atoms with Crippen molar-refractivity contribution in [3.8, 4) is 0 Å². The lowest BCUT2D eigenvalue weighted by atomic mass is 9.99. The minimum Gasteiger partial charge on any atom is -0.387 e. The van der Waals surface area contributed by atoms with Gasteiger partial charge in [-0.15, -0.1) is 6.58 Å². The van der Waals surface area contributed by atoms with Gasteiger partial charge >= 0.3 is 0 Å². The number of nitrogens with one attached hydrogen (secondary N) is 1. The van der Waals surface area contributed by atoms with Crippen LogP contribution in [0.3, 0.4) is 0 Å². The van der Waals surface area contributed by atoms with Crippen LogP contribution in [0.4, 0.5) is 0 Å². The number of aliphatic hydroxyl groups is 1. The highest BCUT2D eigenvalue weighted by molar-refractivity contribution is 5.13. The number of allylic oxidation sites excluding steroid dienone is 1. The van der Waals surface area contributed by atoms with Gasteiger partial charge in [-0.1, -0.05) is 13.0 Å². The lowest BCUT2D eigenvalue weighted by Crippen LogP contribution is -2.35. The van der Waals surface area contributed by atoms with Gasteiger partial charge in [0.1, 0.15) is 0 Å². The first-order valence-corrected chi connectivity index (χ1v) is 6.07. The topological polar surface area (TPSA) is 45.1 Å². The van der Waals surface area contributed by atoms with Gasteiger partial charge in [-0.2, -0.15) is 0 Å². The van der Waals surface area contributed by atoms with Crippen LogP contribution < -0.4 is 5.32 Å². The summed E-state index contributed by atoms with van der Waals surface area (Å²) >= 11 is 0. The summed E-state index contributed by atoms with van der Waals surface area (Å²) in [6.07, 6.45) is 5.84. The number of hydrogen-bond acceptors (Lipinski definition) is 3. The van der Waals surface area contributed by atoms with E-state index < -0.39 is 6.10 Å². The highest BCUT2D eigenvalue weighted by atomic mass is 16.3. The number of aromatic nitrogens is 1. The van der Waals surface area contributed by atoms with Crippen LogP contribution in [0, 0.1) is 5.92 Å². The molecule has 0 aliphatic heterocycles. The molecule has 3 heteroatoms. The Bertz CT molecular complexity index is 326. The normalized spacial score (nSPS) is 16.2. The highest BCUT2D eigenvalue weighted by Crippen LogP contribution is 2.12. The Hall–Kier alpha value is -1.19. The first-order chi connectivity index (χ1) is 8.15. The second kappa shape index (κ2) is 7.20. The van der Waals surface area contributed by atoms with Gasteiger partial charge in [0.05, 0.1) is 6.10 Å². The first-order valence-electron chi connectivity index (χ1n) is 6.07. The van der Waals surface area contributed by atoms with E-state index >= 15 is 0 Å². The standard InChI is InChI=1S/C14H22N2O/c1-4-5-11(2)12(3)16-10-14(17)13-6-8-15-9-7-13/h4,6-9,11-12,14,16-17H,1,5,10H2,2-3H3. The summed E-state index contributed by atoms with van der Waals surface area (Å²) in [6, 6.07) is 4.04. The van der Waals surface area contributed by atoms with Crippen LogP contribution in [0.15, 0.2) is 37.2 Å². The fourth-order valence-electron chi connectivity index (χ4n) is 1.67. The molecule has 3 atom stereocenters. The quantitative estimate of drug-likeness (QED) is 0.712. The molecule has 0 amide bonds. The molecule has 1 aromatic rings. The van der Waals surface area contributed by atoms with Gasteiger partial charge in [0.2, 0.25) is 0 Å². The van der Waals surface area contributed by atoms with Crippen molar-refractivity contribution in [1.29, 1.82) is 0 Å². The number of aliphatic hydroxyl groups excluding tert-OH is 1. The summed E-state index contributed by atoms with van der Waals surface area (Å²) < 4.78 is 0. The summed E-state index contributed by atoms with van der Waals surface area (Å²) in [5.74, 6) is 0.525. The lowest BCUT2D eigenvalue weighted by Gasteiger charge is -2.22. The largest absolute Gasteiger partial charge is 0.387 e. The first kappa shape index (κ1) is 13.9. The van der Waals surface area contributed by atoms with E-state index in [1.165, 1.54) is 0 Å². The maximum Gasteiger partial charge on any atom is 0.0915 e. The van der Waals surface area contributed by atoms with Crippen molar-refractivity contribution in [2.24, 2.45) is 5.92 Å². The molecule has 0 radical (unpaired) electrons. The van der Waals surface area contributed by atoms with E-state index in [0.29, 0.717) is 18.5 Å². The van der Waals surface area contributed by atoms with Crippen molar-refractivity contribution in [1.82, 2.24) is 10.3 Å². The summed E-state index contributed by atoms with van der Waals surface area (Å²) in [5, 5.41) is 13.3. The Balaban J connectivity index is 2.38. The van der Waals surface area contributed by atoms with Crippen LogP contribution in [0.5, 0.6) is 0 Å². The summed E-state index contributed by atoms with van der Waals surface area (Å²) in [6.45, 7) is 8.62. The van der Waals surface area contributed by atoms with Crippen LogP contribution in [-0.4, -0.2) is 22.7 Å². The minimum absolute atomic E-state index is 0.365. The molecular formula is C14H22N2O. The lowest BCUT2D eigenvalue weighted by molar-refractivity contribution is 0.166. The third kappa shape index (κ3) is 4.67. The van der Waals surface area contributed by atoms with Gasteiger partial charge in [0.15, 0.2) is 0 Å². The molecule has 0 spiro atoms. The molecule has 2 N–H and O–H groups in total. The predicted molar refractivity (Wildman–Crippen MR) is 70.6 cm³/mol. The van der Waals surface area contributed by atoms with E-state index in [2.05, 4.69) is 30.7 Å². The molecule has 0 aliphatic carbocycles. The van der Waals surface area contributed by atoms with Gasteiger partial charge in [0, 0.05) is 25.0 Å². The van der Waals surface area contributed by atoms with Crippen molar-refractivity contribution >= 4 is 0 Å². The van der Waals surface area contributed by atoms with Crippen LogP contribution in [-0.2, 0) is 0 Å². The summed E-state index contributed by atoms with van der Waals surface area (Å²) in [7, 11) is 0. The molecular weight excluding hydrogens is 212 g/mol. The van der Waals surface area contributed by atoms with Crippen molar-refractivity contribution in [2.45, 2.75) is 32.4 Å². The van der Waals surface area contributed by atoms with Gasteiger partial charge in [0.25, 0.3) is 0 Å². The highest BCUT2D eigenvalue weighted by Gasteiger charge is 2.13. The molecule has 3 nitrogen and oxygen atoms in total. The molecule has 1 heterocycles. The van der Waals surface area contributed by atoms with E-state index in [9.17, 15) is 5.11 Å². The van der Waals surface area contributed by atoms with Gasteiger partial charge < -0.3 is 10.4 Å². The molecule has 0 aliphatic rings. The van der Waals surface area contributed by atoms with Crippen LogP contribution >= 0.6 is 0 Å². The predicted octanol–water partition coefficient (Wildman–Crippen LogP) is 2.31. The second-order valence-corrected chi connectivity index (χ2v) is 4.49. The molecule has 0 aromatic carbocycles. The molecule has 0 saturated carbocycles. The fourth-order valence-corrected chi connectivity index (χ4v) is 1.67. The molecule has 1 rings (SSSR count). The van der Waals surface area contributed by atoms with E-state index in [-0.39, 0.29) is 0 Å². The Labute approximate surface area is 104 Å². The maximum atomic E-state index is 9.97. The number of nitrogens with zero attached hydrogens (tertiary/aromatic N) is 1. The average molecular weight is 234 g/mol. The van der Waals surface area contributed by atoms with Crippen LogP contribution in [0.1, 0.15) is 31.9 Å². The number of rotatable bonds is 7. The summed E-state index contributed by atoms with van der Waals surface area (Å²) in [4.78, 5) is 3.93. The molecule has 0 fully saturated rings. The van der Waals surface area contributed by atoms with E-state index in [4.69, 9.17) is 0 Å². The molecule has 0 bridgehead atoms. The third-order valence-corrected chi connectivity index (χ3v) is 3.12. The Morgan fingerprint density at radius 3 is 2.65 bits per heavy atom. The molecule has 3 unspecified atom stereocenters. The van der Waals surface area contributed by atoms with Gasteiger partial charge in [-0.3, -0.25) is 4.98 Å². The average Bonchev–Trinajstić information content (AvgIpc) is 2.36. The molecule has 0 saturated heterocycles. The zero-order valence-electron chi connectivity index (χ0n) is 10.6. The van der Waals surface area contributed by atoms with Crippen molar-refractivity contribution in [2.75, 3.05) is 6.54 Å². The van der Waals surface area contributed by atoms with Gasteiger partial charge in [-0.25, -0.2) is 0 Å². The van der Waals surface area contributed by atoms with Crippen molar-refractivity contribution < 1.29 is 5.11 Å². The molecule has 1 aromatic heterocycles. The fraction of sp³-hybridized carbons (Fsp3) is 0.500. The smallest absolute Gasteiger partial charge is 0.0915 e. The summed E-state index contributed by atoms with van der Waals surface area (Å²) in [5.41, 5.74) is 0.899. The minimum atomic E-state index is -0.476. The molecule has 94 valence electrons.